The van der Waals surface area contributed by atoms with E-state index in [9.17, 15) is 0 Å². The molecule has 0 radical (unpaired) electrons. The zero-order chi connectivity index (χ0) is 25.0. The second-order valence-electron chi connectivity index (χ2n) is 9.12. The highest BCUT2D eigenvalue weighted by molar-refractivity contribution is 5.99. The summed E-state index contributed by atoms with van der Waals surface area (Å²) >= 11 is 0. The first-order chi connectivity index (χ1) is 18.3. The molecule has 0 saturated carbocycles. The monoisotopic (exact) mass is 476 g/mol. The number of para-hydroxylation sites is 1. The SMILES string of the molecule is CNc1ccc(-c2cccc(-c3ccc(N(c4ccccc4)c4cccc5ccccc45)cc3)c2)cc1. The van der Waals surface area contributed by atoms with Crippen molar-refractivity contribution >= 4 is 33.5 Å². The van der Waals surface area contributed by atoms with E-state index >= 15 is 0 Å². The van der Waals surface area contributed by atoms with Gasteiger partial charge in [0.25, 0.3) is 0 Å². The maximum atomic E-state index is 3.19. The molecule has 0 aromatic heterocycles. The number of nitrogens with one attached hydrogen (secondary N) is 1. The summed E-state index contributed by atoms with van der Waals surface area (Å²) in [6, 6.07) is 51.9. The van der Waals surface area contributed by atoms with E-state index in [4.69, 9.17) is 0 Å². The van der Waals surface area contributed by atoms with E-state index in [0.717, 1.165) is 17.1 Å². The summed E-state index contributed by atoms with van der Waals surface area (Å²) in [4.78, 5) is 2.34. The van der Waals surface area contributed by atoms with Crippen molar-refractivity contribution < 1.29 is 0 Å². The van der Waals surface area contributed by atoms with Gasteiger partial charge in [-0.25, -0.2) is 0 Å². The predicted molar refractivity (Wildman–Crippen MR) is 159 cm³/mol. The van der Waals surface area contributed by atoms with Gasteiger partial charge in [-0.3, -0.25) is 0 Å². The Balaban J connectivity index is 1.39. The molecule has 0 amide bonds. The van der Waals surface area contributed by atoms with Gasteiger partial charge in [0.2, 0.25) is 0 Å². The first-order valence-corrected chi connectivity index (χ1v) is 12.6. The van der Waals surface area contributed by atoms with Gasteiger partial charge in [0.05, 0.1) is 5.69 Å². The van der Waals surface area contributed by atoms with E-state index in [1.54, 1.807) is 0 Å². The van der Waals surface area contributed by atoms with Crippen LogP contribution < -0.4 is 10.2 Å². The van der Waals surface area contributed by atoms with E-state index < -0.39 is 0 Å². The van der Waals surface area contributed by atoms with Crippen LogP contribution in [-0.2, 0) is 0 Å². The molecule has 6 aromatic carbocycles. The van der Waals surface area contributed by atoms with Gasteiger partial charge in [-0.15, -0.1) is 0 Å². The first-order valence-electron chi connectivity index (χ1n) is 12.6. The first kappa shape index (κ1) is 22.6. The molecule has 0 aliphatic heterocycles. The molecule has 6 aromatic rings. The van der Waals surface area contributed by atoms with Crippen molar-refractivity contribution in [3.8, 4) is 22.3 Å². The number of anilines is 4. The molecule has 0 aliphatic carbocycles. The quantitative estimate of drug-likeness (QED) is 0.257. The van der Waals surface area contributed by atoms with Crippen LogP contribution in [0.3, 0.4) is 0 Å². The highest BCUT2D eigenvalue weighted by Gasteiger charge is 2.15. The molecule has 0 atom stereocenters. The number of rotatable bonds is 6. The summed E-state index contributed by atoms with van der Waals surface area (Å²) in [5.41, 5.74) is 9.38. The molecule has 0 spiro atoms. The van der Waals surface area contributed by atoms with Gasteiger partial charge in [-0.05, 0) is 76.2 Å². The summed E-state index contributed by atoms with van der Waals surface area (Å²) in [5.74, 6) is 0. The number of hydrogen-bond donors (Lipinski definition) is 1. The van der Waals surface area contributed by atoms with E-state index in [-0.39, 0.29) is 0 Å². The number of nitrogens with zero attached hydrogens (tertiary/aromatic N) is 1. The van der Waals surface area contributed by atoms with Gasteiger partial charge in [0.1, 0.15) is 0 Å². The van der Waals surface area contributed by atoms with Crippen molar-refractivity contribution in [3.05, 3.63) is 146 Å². The molecule has 178 valence electrons. The average Bonchev–Trinajstić information content (AvgIpc) is 2.98. The van der Waals surface area contributed by atoms with Gasteiger partial charge >= 0.3 is 0 Å². The molecule has 6 rings (SSSR count). The van der Waals surface area contributed by atoms with Crippen molar-refractivity contribution in [3.63, 3.8) is 0 Å². The van der Waals surface area contributed by atoms with E-state index in [0.29, 0.717) is 0 Å². The van der Waals surface area contributed by atoms with Crippen molar-refractivity contribution in [2.75, 3.05) is 17.3 Å². The Morgan fingerprint density at radius 2 is 1.03 bits per heavy atom. The fourth-order valence-corrected chi connectivity index (χ4v) is 4.92. The molecule has 1 N–H and O–H groups in total. The maximum Gasteiger partial charge on any atom is 0.0540 e. The summed E-state index contributed by atoms with van der Waals surface area (Å²) in [5, 5.41) is 5.65. The van der Waals surface area contributed by atoms with Gasteiger partial charge in [0.15, 0.2) is 0 Å². The van der Waals surface area contributed by atoms with Gasteiger partial charge in [0, 0.05) is 29.5 Å². The molecule has 0 saturated heterocycles. The Hall–Kier alpha value is -4.82. The second-order valence-corrected chi connectivity index (χ2v) is 9.12. The van der Waals surface area contributed by atoms with Crippen LogP contribution in [0.5, 0.6) is 0 Å². The molecule has 0 bridgehead atoms. The normalized spacial score (nSPS) is 10.8. The van der Waals surface area contributed by atoms with Crippen LogP contribution >= 0.6 is 0 Å². The summed E-state index contributed by atoms with van der Waals surface area (Å²) in [6.45, 7) is 0. The number of benzene rings is 6. The van der Waals surface area contributed by atoms with Crippen LogP contribution in [0.25, 0.3) is 33.0 Å². The Labute approximate surface area is 218 Å². The number of hydrogen-bond acceptors (Lipinski definition) is 2. The molecular weight excluding hydrogens is 448 g/mol. The van der Waals surface area contributed by atoms with Gasteiger partial charge < -0.3 is 10.2 Å². The average molecular weight is 477 g/mol. The third-order valence-electron chi connectivity index (χ3n) is 6.85. The van der Waals surface area contributed by atoms with Crippen molar-refractivity contribution in [1.82, 2.24) is 0 Å². The van der Waals surface area contributed by atoms with E-state index in [1.165, 1.54) is 38.7 Å². The van der Waals surface area contributed by atoms with Crippen LogP contribution in [0.15, 0.2) is 146 Å². The maximum absolute atomic E-state index is 3.19. The molecule has 0 heterocycles. The van der Waals surface area contributed by atoms with Crippen LogP contribution in [-0.4, -0.2) is 7.05 Å². The minimum absolute atomic E-state index is 1.12. The molecule has 0 aliphatic rings. The molecule has 0 fully saturated rings. The van der Waals surface area contributed by atoms with Crippen LogP contribution in [0.1, 0.15) is 0 Å². The van der Waals surface area contributed by atoms with Crippen LogP contribution in [0, 0.1) is 0 Å². The zero-order valence-electron chi connectivity index (χ0n) is 20.8. The topological polar surface area (TPSA) is 15.3 Å². The Bertz CT molecular complexity index is 1630. The summed E-state index contributed by atoms with van der Waals surface area (Å²) < 4.78 is 0. The van der Waals surface area contributed by atoms with E-state index in [1.807, 2.05) is 7.05 Å². The zero-order valence-corrected chi connectivity index (χ0v) is 20.8. The van der Waals surface area contributed by atoms with E-state index in [2.05, 4.69) is 156 Å². The molecule has 0 unspecified atom stereocenters. The lowest BCUT2D eigenvalue weighted by atomic mass is 9.98. The molecular formula is C35H28N2. The van der Waals surface area contributed by atoms with Crippen molar-refractivity contribution in [2.24, 2.45) is 0 Å². The predicted octanol–water partition coefficient (Wildman–Crippen LogP) is 9.69. The highest BCUT2D eigenvalue weighted by atomic mass is 15.1. The standard InChI is InChI=1S/C35H28N2/c1-36-31-21-17-26(18-22-31)29-11-7-12-30(25-29)27-19-23-33(24-20-27)37(32-13-3-2-4-14-32)35-16-8-10-28-9-5-6-15-34(28)35/h2-25,36H,1H3. The minimum atomic E-state index is 1.12. The Morgan fingerprint density at radius 3 is 1.73 bits per heavy atom. The van der Waals surface area contributed by atoms with Crippen molar-refractivity contribution in [2.45, 2.75) is 0 Å². The lowest BCUT2D eigenvalue weighted by Gasteiger charge is -2.27. The fraction of sp³-hybridized carbons (Fsp3) is 0.0286. The van der Waals surface area contributed by atoms with Crippen molar-refractivity contribution in [1.29, 1.82) is 0 Å². The molecule has 37 heavy (non-hydrogen) atoms. The lowest BCUT2D eigenvalue weighted by molar-refractivity contribution is 1.30. The second kappa shape index (κ2) is 10.0. The van der Waals surface area contributed by atoms with Gasteiger partial charge in [-0.1, -0.05) is 97.1 Å². The molecule has 2 nitrogen and oxygen atoms in total. The summed E-state index contributed by atoms with van der Waals surface area (Å²) in [7, 11) is 1.94. The third kappa shape index (κ3) is 4.57. The lowest BCUT2D eigenvalue weighted by Crippen LogP contribution is -2.10. The highest BCUT2D eigenvalue weighted by Crippen LogP contribution is 2.39. The smallest absolute Gasteiger partial charge is 0.0540 e. The summed E-state index contributed by atoms with van der Waals surface area (Å²) in [6.07, 6.45) is 0. The van der Waals surface area contributed by atoms with Gasteiger partial charge in [-0.2, -0.15) is 0 Å². The Kier molecular flexibility index (Phi) is 6.14. The number of fused-ring (bicyclic) bond motifs is 1. The Morgan fingerprint density at radius 1 is 0.459 bits per heavy atom. The van der Waals surface area contributed by atoms with Crippen LogP contribution in [0.4, 0.5) is 22.7 Å². The third-order valence-corrected chi connectivity index (χ3v) is 6.85. The largest absolute Gasteiger partial charge is 0.388 e. The van der Waals surface area contributed by atoms with Crippen LogP contribution in [0.2, 0.25) is 0 Å². The fourth-order valence-electron chi connectivity index (χ4n) is 4.92. The molecule has 2 heteroatoms. The minimum Gasteiger partial charge on any atom is -0.388 e.